The predicted octanol–water partition coefficient (Wildman–Crippen LogP) is 5.15. The van der Waals surface area contributed by atoms with Crippen LogP contribution in [-0.2, 0) is 16.8 Å². The Morgan fingerprint density at radius 2 is 1.81 bits per heavy atom. The van der Waals surface area contributed by atoms with E-state index in [2.05, 4.69) is 35.3 Å². The number of H-pyrrole nitrogens is 1. The third-order valence-electron chi connectivity index (χ3n) is 6.95. The number of aromatic nitrogens is 1. The van der Waals surface area contributed by atoms with Gasteiger partial charge < -0.3 is 9.88 Å². The van der Waals surface area contributed by atoms with Crippen molar-refractivity contribution in [3.63, 3.8) is 0 Å². The van der Waals surface area contributed by atoms with Crippen LogP contribution >= 0.6 is 11.3 Å². The Morgan fingerprint density at radius 1 is 1.00 bits per heavy atom. The maximum Gasteiger partial charge on any atom is 0.223 e. The van der Waals surface area contributed by atoms with Crippen LogP contribution in [0.3, 0.4) is 0 Å². The molecule has 1 saturated heterocycles. The fraction of sp³-hybridized carbons (Fsp3) is 0.231. The van der Waals surface area contributed by atoms with Gasteiger partial charge in [-0.05, 0) is 41.5 Å². The van der Waals surface area contributed by atoms with E-state index < -0.39 is 5.54 Å². The maximum atomic E-state index is 13.9. The van der Waals surface area contributed by atoms with E-state index in [4.69, 9.17) is 0 Å². The standard InChI is InChI=1S/C26H22N2O2S/c29-23-13-12-20(24(30)22-11-6-16-31-22)26(17-7-2-1-3-8-17)25-19(14-15-28(23)26)18-9-4-5-10-21(18)27-25/h1-11,16,20,27H,12-15H2/t20-,26+/m1/s1. The van der Waals surface area contributed by atoms with Crippen LogP contribution in [0, 0.1) is 5.92 Å². The highest BCUT2D eigenvalue weighted by Gasteiger charge is 2.57. The summed E-state index contributed by atoms with van der Waals surface area (Å²) in [6.07, 6.45) is 1.75. The molecule has 1 fully saturated rings. The molecule has 154 valence electrons. The third-order valence-corrected chi connectivity index (χ3v) is 7.84. The van der Waals surface area contributed by atoms with Gasteiger partial charge in [0.2, 0.25) is 5.91 Å². The number of amides is 1. The molecule has 4 aromatic rings. The number of nitrogens with one attached hydrogen (secondary N) is 1. The van der Waals surface area contributed by atoms with Crippen LogP contribution in [0.2, 0.25) is 0 Å². The molecular formula is C26H22N2O2S. The fourth-order valence-corrected chi connectivity index (χ4v) is 6.44. The zero-order valence-corrected chi connectivity index (χ0v) is 17.8. The lowest BCUT2D eigenvalue weighted by Crippen LogP contribution is -2.62. The summed E-state index contributed by atoms with van der Waals surface area (Å²) in [6, 6.07) is 22.3. The Morgan fingerprint density at radius 3 is 2.61 bits per heavy atom. The number of carbonyl (C=O) groups is 2. The summed E-state index contributed by atoms with van der Waals surface area (Å²) in [6.45, 7) is 0.622. The number of ketones is 1. The highest BCUT2D eigenvalue weighted by Crippen LogP contribution is 2.52. The van der Waals surface area contributed by atoms with Gasteiger partial charge in [0, 0.05) is 23.9 Å². The van der Waals surface area contributed by atoms with Crippen LogP contribution in [0.5, 0.6) is 0 Å². The van der Waals surface area contributed by atoms with E-state index in [1.165, 1.54) is 22.3 Å². The smallest absolute Gasteiger partial charge is 0.223 e. The van der Waals surface area contributed by atoms with Gasteiger partial charge in [-0.2, -0.15) is 0 Å². The van der Waals surface area contributed by atoms with Gasteiger partial charge in [-0.1, -0.05) is 54.6 Å². The number of rotatable bonds is 3. The number of para-hydroxylation sites is 1. The van der Waals surface area contributed by atoms with Crippen molar-refractivity contribution in [1.29, 1.82) is 0 Å². The summed E-state index contributed by atoms with van der Waals surface area (Å²) in [5, 5.41) is 3.14. The number of hydrogen-bond acceptors (Lipinski definition) is 3. The molecular weight excluding hydrogens is 404 g/mol. The van der Waals surface area contributed by atoms with Gasteiger partial charge in [-0.15, -0.1) is 11.3 Å². The average molecular weight is 427 g/mol. The summed E-state index contributed by atoms with van der Waals surface area (Å²) in [5.41, 5.74) is 3.49. The largest absolute Gasteiger partial charge is 0.356 e. The van der Waals surface area contributed by atoms with Gasteiger partial charge in [0.15, 0.2) is 5.78 Å². The number of aromatic amines is 1. The van der Waals surface area contributed by atoms with E-state index in [1.54, 1.807) is 0 Å². The molecule has 0 spiro atoms. The zero-order valence-electron chi connectivity index (χ0n) is 17.0. The van der Waals surface area contributed by atoms with Crippen LogP contribution in [0.25, 0.3) is 10.9 Å². The van der Waals surface area contributed by atoms with Crippen LogP contribution in [0.1, 0.15) is 39.3 Å². The van der Waals surface area contributed by atoms with E-state index >= 15 is 0 Å². The molecule has 0 saturated carbocycles. The van der Waals surface area contributed by atoms with Crippen molar-refractivity contribution in [2.45, 2.75) is 24.8 Å². The molecule has 4 nitrogen and oxygen atoms in total. The number of nitrogens with zero attached hydrogens (tertiary/aromatic N) is 1. The molecule has 2 aliphatic heterocycles. The van der Waals surface area contributed by atoms with Crippen molar-refractivity contribution in [2.75, 3.05) is 6.54 Å². The molecule has 4 heterocycles. The molecule has 2 atom stereocenters. The first-order valence-electron chi connectivity index (χ1n) is 10.7. The number of carbonyl (C=O) groups excluding carboxylic acids is 2. The van der Waals surface area contributed by atoms with Gasteiger partial charge in [0.05, 0.1) is 16.5 Å². The van der Waals surface area contributed by atoms with Gasteiger partial charge in [0.25, 0.3) is 0 Å². The lowest BCUT2D eigenvalue weighted by atomic mass is 9.65. The topological polar surface area (TPSA) is 53.2 Å². The van der Waals surface area contributed by atoms with E-state index in [0.29, 0.717) is 19.4 Å². The molecule has 0 unspecified atom stereocenters. The average Bonchev–Trinajstić information content (AvgIpc) is 3.48. The summed E-state index contributed by atoms with van der Waals surface area (Å²) in [4.78, 5) is 33.6. The zero-order chi connectivity index (χ0) is 21.0. The van der Waals surface area contributed by atoms with E-state index in [-0.39, 0.29) is 17.6 Å². The van der Waals surface area contributed by atoms with Crippen molar-refractivity contribution in [3.8, 4) is 0 Å². The van der Waals surface area contributed by atoms with Crippen LogP contribution in [0.4, 0.5) is 0 Å². The van der Waals surface area contributed by atoms with Crippen molar-refractivity contribution < 1.29 is 9.59 Å². The Labute approximate surface area is 184 Å². The van der Waals surface area contributed by atoms with Gasteiger partial charge in [0.1, 0.15) is 5.54 Å². The second-order valence-electron chi connectivity index (χ2n) is 8.38. The lowest BCUT2D eigenvalue weighted by molar-refractivity contribution is -0.144. The SMILES string of the molecule is O=C(c1cccs1)[C@H]1CCC(=O)N2CCc3c([nH]c4ccccc34)[C@]12c1ccccc1. The van der Waals surface area contributed by atoms with Gasteiger partial charge >= 0.3 is 0 Å². The lowest BCUT2D eigenvalue weighted by Gasteiger charge is -2.54. The van der Waals surface area contributed by atoms with E-state index in [9.17, 15) is 9.59 Å². The Kier molecular flexibility index (Phi) is 4.15. The quantitative estimate of drug-likeness (QED) is 0.461. The molecule has 2 aromatic heterocycles. The number of fused-ring (bicyclic) bond motifs is 5. The molecule has 2 aliphatic rings. The van der Waals surface area contributed by atoms with Crippen molar-refractivity contribution in [1.82, 2.24) is 9.88 Å². The van der Waals surface area contributed by atoms with Gasteiger partial charge in [-0.3, -0.25) is 9.59 Å². The van der Waals surface area contributed by atoms with Crippen molar-refractivity contribution in [3.05, 3.63) is 93.8 Å². The van der Waals surface area contributed by atoms with Crippen LogP contribution < -0.4 is 0 Å². The summed E-state index contributed by atoms with van der Waals surface area (Å²) >= 11 is 1.48. The first-order chi connectivity index (χ1) is 15.2. The van der Waals surface area contributed by atoms with Gasteiger partial charge in [-0.25, -0.2) is 0 Å². The predicted molar refractivity (Wildman–Crippen MR) is 122 cm³/mol. The third kappa shape index (κ3) is 2.53. The summed E-state index contributed by atoms with van der Waals surface area (Å²) in [5.74, 6) is -0.0791. The van der Waals surface area contributed by atoms with Crippen LogP contribution in [0.15, 0.2) is 72.1 Å². The normalized spacial score (nSPS) is 22.9. The fourth-order valence-electron chi connectivity index (χ4n) is 5.72. The van der Waals surface area contributed by atoms with E-state index in [1.807, 2.05) is 46.7 Å². The number of piperidine rings is 1. The van der Waals surface area contributed by atoms with Crippen LogP contribution in [-0.4, -0.2) is 28.1 Å². The Balaban J connectivity index is 1.69. The molecule has 5 heteroatoms. The second kappa shape index (κ2) is 6.92. The first-order valence-corrected chi connectivity index (χ1v) is 11.6. The minimum atomic E-state index is -0.815. The number of thiophene rings is 1. The first kappa shape index (κ1) is 18.6. The maximum absolute atomic E-state index is 13.9. The molecule has 6 rings (SSSR count). The number of hydrogen-bond donors (Lipinski definition) is 1. The van der Waals surface area contributed by atoms with Crippen molar-refractivity contribution >= 4 is 33.9 Å². The number of Topliss-reactive ketones (excluding diaryl/α,β-unsaturated/α-hetero) is 1. The molecule has 31 heavy (non-hydrogen) atoms. The minimum absolute atomic E-state index is 0.128. The number of benzene rings is 2. The molecule has 1 amide bonds. The van der Waals surface area contributed by atoms with Crippen molar-refractivity contribution in [2.24, 2.45) is 5.92 Å². The Bertz CT molecular complexity index is 1290. The molecule has 1 N–H and O–H groups in total. The molecule has 0 aliphatic carbocycles. The minimum Gasteiger partial charge on any atom is -0.356 e. The molecule has 0 radical (unpaired) electrons. The molecule has 2 aromatic carbocycles. The van der Waals surface area contributed by atoms with E-state index in [0.717, 1.165) is 28.1 Å². The highest BCUT2D eigenvalue weighted by atomic mass is 32.1. The molecule has 0 bridgehead atoms. The monoisotopic (exact) mass is 426 g/mol. The Hall–Kier alpha value is -3.18. The second-order valence-corrected chi connectivity index (χ2v) is 9.33. The summed E-state index contributed by atoms with van der Waals surface area (Å²) < 4.78 is 0. The highest BCUT2D eigenvalue weighted by molar-refractivity contribution is 7.12. The summed E-state index contributed by atoms with van der Waals surface area (Å²) in [7, 11) is 0.